The minimum Gasteiger partial charge on any atom is -0.339 e. The molecule has 0 radical (unpaired) electrons. The molecule has 1 heterocycles. The first-order chi connectivity index (χ1) is 11.6. The van der Waals surface area contributed by atoms with Gasteiger partial charge in [-0.1, -0.05) is 62.2 Å². The Morgan fingerprint density at radius 3 is 2.29 bits per heavy atom. The second-order valence-electron chi connectivity index (χ2n) is 5.28. The zero-order valence-electron chi connectivity index (χ0n) is 12.8. The molecule has 24 heavy (non-hydrogen) atoms. The summed E-state index contributed by atoms with van der Waals surface area (Å²) in [5, 5.41) is 12.8. The number of aromatic nitrogens is 1. The number of aryl methyl sites for hydroxylation is 1. The molecular weight excluding hydrogens is 430 g/mol. The second-order valence-corrected chi connectivity index (χ2v) is 7.11. The number of hydrogen-bond acceptors (Lipinski definition) is 3. The first-order valence-corrected chi connectivity index (χ1v) is 8.85. The Balaban J connectivity index is 2.03. The van der Waals surface area contributed by atoms with E-state index < -0.39 is 0 Å². The van der Waals surface area contributed by atoms with Crippen molar-refractivity contribution < 1.29 is 0 Å². The number of anilines is 2. The molecule has 0 aliphatic carbocycles. The number of hydrogen-bond donors (Lipinski definition) is 1. The maximum atomic E-state index is 9.52. The molecular formula is C19H13Br2N3. The van der Waals surface area contributed by atoms with Gasteiger partial charge in [-0.3, -0.25) is 0 Å². The average molecular weight is 443 g/mol. The first kappa shape index (κ1) is 16.7. The molecule has 0 unspecified atom stereocenters. The van der Waals surface area contributed by atoms with Crippen molar-refractivity contribution in [3.63, 3.8) is 0 Å². The molecule has 0 saturated heterocycles. The third-order valence-electron chi connectivity index (χ3n) is 3.54. The molecule has 118 valence electrons. The van der Waals surface area contributed by atoms with Gasteiger partial charge in [0.05, 0.1) is 5.56 Å². The van der Waals surface area contributed by atoms with E-state index in [1.165, 1.54) is 0 Å². The molecule has 5 heteroatoms. The fourth-order valence-corrected chi connectivity index (χ4v) is 3.75. The molecule has 0 spiro atoms. The molecule has 0 fully saturated rings. The van der Waals surface area contributed by atoms with Crippen molar-refractivity contribution in [3.05, 3.63) is 74.8 Å². The lowest BCUT2D eigenvalue weighted by atomic mass is 10.0. The van der Waals surface area contributed by atoms with Gasteiger partial charge in [-0.05, 0) is 36.8 Å². The molecule has 1 aromatic heterocycles. The summed E-state index contributed by atoms with van der Waals surface area (Å²) in [5.74, 6) is 0.555. The van der Waals surface area contributed by atoms with Crippen LogP contribution in [-0.2, 0) is 0 Å². The Bertz CT molecular complexity index is 911. The van der Waals surface area contributed by atoms with Gasteiger partial charge in [-0.2, -0.15) is 5.26 Å². The summed E-state index contributed by atoms with van der Waals surface area (Å²) in [4.78, 5) is 4.61. The third-order valence-corrected chi connectivity index (χ3v) is 4.46. The normalized spacial score (nSPS) is 10.2. The number of rotatable bonds is 3. The molecule has 1 N–H and O–H groups in total. The van der Waals surface area contributed by atoms with E-state index in [2.05, 4.69) is 48.2 Å². The van der Waals surface area contributed by atoms with Crippen molar-refractivity contribution in [2.75, 3.05) is 5.32 Å². The summed E-state index contributed by atoms with van der Waals surface area (Å²) in [6.07, 6.45) is 0. The number of nitrogens with one attached hydrogen (secondary N) is 1. The van der Waals surface area contributed by atoms with Gasteiger partial charge >= 0.3 is 0 Å². The monoisotopic (exact) mass is 441 g/mol. The Labute approximate surface area is 157 Å². The van der Waals surface area contributed by atoms with Crippen LogP contribution >= 0.6 is 31.9 Å². The smallest absolute Gasteiger partial charge is 0.148 e. The fourth-order valence-electron chi connectivity index (χ4n) is 2.46. The molecule has 3 aromatic rings. The lowest BCUT2D eigenvalue weighted by Gasteiger charge is -2.12. The Hall–Kier alpha value is -2.16. The topological polar surface area (TPSA) is 48.7 Å². The van der Waals surface area contributed by atoms with Gasteiger partial charge in [-0.15, -0.1) is 0 Å². The van der Waals surface area contributed by atoms with Crippen LogP contribution in [0.5, 0.6) is 0 Å². The lowest BCUT2D eigenvalue weighted by molar-refractivity contribution is 1.19. The maximum Gasteiger partial charge on any atom is 0.148 e. The van der Waals surface area contributed by atoms with E-state index in [1.807, 2.05) is 61.5 Å². The Kier molecular flexibility index (Phi) is 4.98. The molecule has 0 aliphatic rings. The minimum atomic E-state index is 0.510. The van der Waals surface area contributed by atoms with Crippen molar-refractivity contribution in [3.8, 4) is 17.2 Å². The lowest BCUT2D eigenvalue weighted by Crippen LogP contribution is -2.00. The van der Waals surface area contributed by atoms with Crippen molar-refractivity contribution >= 4 is 43.4 Å². The van der Waals surface area contributed by atoms with Crippen LogP contribution in [0.1, 0.15) is 11.3 Å². The van der Waals surface area contributed by atoms with Crippen LogP contribution in [0.2, 0.25) is 0 Å². The first-order valence-electron chi connectivity index (χ1n) is 7.27. The van der Waals surface area contributed by atoms with E-state index >= 15 is 0 Å². The average Bonchev–Trinajstić information content (AvgIpc) is 2.55. The van der Waals surface area contributed by atoms with Gasteiger partial charge in [0.15, 0.2) is 0 Å². The van der Waals surface area contributed by atoms with Crippen LogP contribution in [0.4, 0.5) is 11.5 Å². The largest absolute Gasteiger partial charge is 0.339 e. The van der Waals surface area contributed by atoms with Crippen molar-refractivity contribution in [1.82, 2.24) is 4.98 Å². The summed E-state index contributed by atoms with van der Waals surface area (Å²) in [5.41, 5.74) is 4.25. The number of nitrogens with zero attached hydrogens (tertiary/aromatic N) is 2. The van der Waals surface area contributed by atoms with Gasteiger partial charge in [0, 0.05) is 25.9 Å². The SMILES string of the molecule is Cc1nc(Nc2cc(Br)cc(Br)c2)c(C#N)cc1-c1ccccc1. The summed E-state index contributed by atoms with van der Waals surface area (Å²) < 4.78 is 1.88. The van der Waals surface area contributed by atoms with Crippen LogP contribution in [0.3, 0.4) is 0 Å². The number of nitriles is 1. The van der Waals surface area contributed by atoms with Crippen molar-refractivity contribution in [1.29, 1.82) is 5.26 Å². The van der Waals surface area contributed by atoms with E-state index in [9.17, 15) is 5.26 Å². The molecule has 0 atom stereocenters. The summed E-state index contributed by atoms with van der Waals surface area (Å²) in [7, 11) is 0. The van der Waals surface area contributed by atoms with E-state index in [-0.39, 0.29) is 0 Å². The highest BCUT2D eigenvalue weighted by atomic mass is 79.9. The molecule has 0 saturated carbocycles. The zero-order valence-corrected chi connectivity index (χ0v) is 16.0. The molecule has 0 bridgehead atoms. The fraction of sp³-hybridized carbons (Fsp3) is 0.0526. The second kappa shape index (κ2) is 7.16. The highest BCUT2D eigenvalue weighted by Gasteiger charge is 2.11. The van der Waals surface area contributed by atoms with E-state index in [1.54, 1.807) is 0 Å². The summed E-state index contributed by atoms with van der Waals surface area (Å²) in [6, 6.07) is 19.9. The van der Waals surface area contributed by atoms with Gasteiger partial charge in [0.25, 0.3) is 0 Å². The van der Waals surface area contributed by atoms with Crippen LogP contribution in [0.15, 0.2) is 63.5 Å². The molecule has 0 aliphatic heterocycles. The predicted molar refractivity (Wildman–Crippen MR) is 104 cm³/mol. The highest BCUT2D eigenvalue weighted by Crippen LogP contribution is 2.30. The van der Waals surface area contributed by atoms with Gasteiger partial charge < -0.3 is 5.32 Å². The Morgan fingerprint density at radius 2 is 1.67 bits per heavy atom. The minimum absolute atomic E-state index is 0.510. The van der Waals surface area contributed by atoms with Crippen LogP contribution in [0, 0.1) is 18.3 Å². The van der Waals surface area contributed by atoms with E-state index in [4.69, 9.17) is 0 Å². The number of pyridine rings is 1. The maximum absolute atomic E-state index is 9.52. The summed E-state index contributed by atoms with van der Waals surface area (Å²) >= 11 is 6.93. The molecule has 2 aromatic carbocycles. The van der Waals surface area contributed by atoms with Gasteiger partial charge in [-0.25, -0.2) is 4.98 Å². The van der Waals surface area contributed by atoms with Crippen LogP contribution in [0.25, 0.3) is 11.1 Å². The number of benzene rings is 2. The van der Waals surface area contributed by atoms with Crippen molar-refractivity contribution in [2.24, 2.45) is 0 Å². The number of halogens is 2. The Morgan fingerprint density at radius 1 is 1.00 bits per heavy atom. The van der Waals surface area contributed by atoms with Crippen molar-refractivity contribution in [2.45, 2.75) is 6.92 Å². The van der Waals surface area contributed by atoms with Crippen LogP contribution < -0.4 is 5.32 Å². The third kappa shape index (κ3) is 3.66. The van der Waals surface area contributed by atoms with Crippen LogP contribution in [-0.4, -0.2) is 4.98 Å². The molecule has 0 amide bonds. The molecule has 3 rings (SSSR count). The standard InChI is InChI=1S/C19H13Br2N3/c1-12-18(13-5-3-2-4-6-13)7-14(11-22)19(23-12)24-17-9-15(20)8-16(21)10-17/h2-10H,1H3,(H,23,24). The predicted octanol–water partition coefficient (Wildman–Crippen LogP) is 6.20. The molecule has 3 nitrogen and oxygen atoms in total. The highest BCUT2D eigenvalue weighted by molar-refractivity contribution is 9.11. The quantitative estimate of drug-likeness (QED) is 0.525. The summed E-state index contributed by atoms with van der Waals surface area (Å²) in [6.45, 7) is 1.95. The van der Waals surface area contributed by atoms with Gasteiger partial charge in [0.1, 0.15) is 11.9 Å². The zero-order chi connectivity index (χ0) is 17.1. The van der Waals surface area contributed by atoms with E-state index in [0.717, 1.165) is 31.5 Å². The van der Waals surface area contributed by atoms with E-state index in [0.29, 0.717) is 11.4 Å². The van der Waals surface area contributed by atoms with Gasteiger partial charge in [0.2, 0.25) is 0 Å².